The van der Waals surface area contributed by atoms with Crippen LogP contribution in [0.2, 0.25) is 0 Å². The van der Waals surface area contributed by atoms with Crippen LogP contribution in [0.3, 0.4) is 0 Å². The molecule has 0 saturated carbocycles. The molecule has 19 heavy (non-hydrogen) atoms. The lowest BCUT2D eigenvalue weighted by Crippen LogP contribution is -2.22. The Balaban J connectivity index is 3.34. The Kier molecular flexibility index (Phi) is 4.96. The molecule has 0 atom stereocenters. The van der Waals surface area contributed by atoms with Crippen LogP contribution >= 0.6 is 11.3 Å². The number of amides is 1. The molecule has 0 aromatic carbocycles. The maximum absolute atomic E-state index is 11.8. The molecule has 1 heterocycles. The molecule has 1 rings (SSSR count). The highest BCUT2D eigenvalue weighted by atomic mass is 32.2. The van der Waals surface area contributed by atoms with Crippen LogP contribution in [0.4, 0.5) is 10.7 Å². The molecule has 4 N–H and O–H groups in total. The lowest BCUT2D eigenvalue weighted by molar-refractivity contribution is 0.0960. The van der Waals surface area contributed by atoms with Crippen molar-refractivity contribution in [2.24, 2.45) is 0 Å². The molecular weight excluding hydrogens is 286 g/mol. The Labute approximate surface area is 116 Å². The molecule has 1 aromatic rings. The molecule has 0 aliphatic carbocycles. The second kappa shape index (κ2) is 6.07. The second-order valence-electron chi connectivity index (χ2n) is 3.80. The van der Waals surface area contributed by atoms with Crippen LogP contribution < -0.4 is 16.4 Å². The number of sulfone groups is 1. The molecule has 1 amide bonds. The molecule has 0 spiro atoms. The summed E-state index contributed by atoms with van der Waals surface area (Å²) in [5, 5.41) is 5.85. The molecule has 6 nitrogen and oxygen atoms in total. The van der Waals surface area contributed by atoms with Crippen LogP contribution in [-0.2, 0) is 9.84 Å². The van der Waals surface area contributed by atoms with E-state index in [9.17, 15) is 13.2 Å². The molecule has 0 aliphatic heterocycles. The fourth-order valence-corrected chi connectivity index (χ4v) is 3.98. The Morgan fingerprint density at radius 1 is 1.53 bits per heavy atom. The summed E-state index contributed by atoms with van der Waals surface area (Å²) in [7, 11) is -3.51. The van der Waals surface area contributed by atoms with E-state index in [4.69, 9.17) is 5.73 Å². The van der Waals surface area contributed by atoms with E-state index in [1.54, 1.807) is 13.0 Å². The van der Waals surface area contributed by atoms with Gasteiger partial charge in [0.2, 0.25) is 0 Å². The number of carbonyl (C=O) groups excluding carboxylic acids is 1. The van der Waals surface area contributed by atoms with E-state index in [1.807, 2.05) is 0 Å². The zero-order valence-electron chi connectivity index (χ0n) is 10.8. The quantitative estimate of drug-likeness (QED) is 0.683. The van der Waals surface area contributed by atoms with Crippen molar-refractivity contribution < 1.29 is 13.2 Å². The highest BCUT2D eigenvalue weighted by molar-refractivity contribution is 7.91. The fourth-order valence-electron chi connectivity index (χ4n) is 1.49. The molecular formula is C11H17N3O3S2. The van der Waals surface area contributed by atoms with Gasteiger partial charge in [0.05, 0.1) is 5.69 Å². The SMILES string of the molecule is C=CCNc1sc(C(=O)NCC)c(N)c1S(C)(=O)=O. The van der Waals surface area contributed by atoms with Gasteiger partial charge < -0.3 is 16.4 Å². The number of hydrogen-bond donors (Lipinski definition) is 3. The predicted molar refractivity (Wildman–Crippen MR) is 78.5 cm³/mol. The summed E-state index contributed by atoms with van der Waals surface area (Å²) in [6, 6.07) is 0. The molecule has 0 radical (unpaired) electrons. The van der Waals surface area contributed by atoms with Crippen LogP contribution in [0.25, 0.3) is 0 Å². The van der Waals surface area contributed by atoms with Crippen molar-refractivity contribution in [2.75, 3.05) is 30.4 Å². The zero-order valence-corrected chi connectivity index (χ0v) is 12.5. The minimum atomic E-state index is -3.51. The summed E-state index contributed by atoms with van der Waals surface area (Å²) >= 11 is 1.03. The number of rotatable bonds is 6. The van der Waals surface area contributed by atoms with E-state index < -0.39 is 9.84 Å². The molecule has 106 valence electrons. The maximum Gasteiger partial charge on any atom is 0.263 e. The molecule has 0 fully saturated rings. The van der Waals surface area contributed by atoms with E-state index in [0.717, 1.165) is 17.6 Å². The van der Waals surface area contributed by atoms with Gasteiger partial charge in [-0.2, -0.15) is 0 Å². The summed E-state index contributed by atoms with van der Waals surface area (Å²) < 4.78 is 23.5. The van der Waals surface area contributed by atoms with Crippen LogP contribution in [0.5, 0.6) is 0 Å². The van der Waals surface area contributed by atoms with Crippen molar-refractivity contribution >= 4 is 37.8 Å². The van der Waals surface area contributed by atoms with Gasteiger partial charge >= 0.3 is 0 Å². The lowest BCUT2D eigenvalue weighted by Gasteiger charge is -2.03. The van der Waals surface area contributed by atoms with Gasteiger partial charge in [-0.05, 0) is 6.92 Å². The van der Waals surface area contributed by atoms with Gasteiger partial charge in [0.15, 0.2) is 9.84 Å². The molecule has 0 bridgehead atoms. The van der Waals surface area contributed by atoms with E-state index in [-0.39, 0.29) is 21.4 Å². The van der Waals surface area contributed by atoms with Gasteiger partial charge in [0, 0.05) is 19.3 Å². The van der Waals surface area contributed by atoms with Crippen molar-refractivity contribution in [3.8, 4) is 0 Å². The predicted octanol–water partition coefficient (Wildman–Crippen LogP) is 1.08. The summed E-state index contributed by atoms with van der Waals surface area (Å²) in [5.41, 5.74) is 5.79. The Morgan fingerprint density at radius 2 is 2.16 bits per heavy atom. The average Bonchev–Trinajstić information content (AvgIpc) is 2.63. The van der Waals surface area contributed by atoms with Crippen LogP contribution in [-0.4, -0.2) is 33.7 Å². The molecule has 1 aromatic heterocycles. The van der Waals surface area contributed by atoms with E-state index in [2.05, 4.69) is 17.2 Å². The van der Waals surface area contributed by atoms with Gasteiger partial charge in [0.1, 0.15) is 14.8 Å². The van der Waals surface area contributed by atoms with Crippen molar-refractivity contribution in [2.45, 2.75) is 11.8 Å². The summed E-state index contributed by atoms with van der Waals surface area (Å²) in [4.78, 5) is 12.0. The minimum Gasteiger partial charge on any atom is -0.396 e. The number of nitrogens with one attached hydrogen (secondary N) is 2. The van der Waals surface area contributed by atoms with Gasteiger partial charge in [-0.1, -0.05) is 6.08 Å². The third-order valence-corrected chi connectivity index (χ3v) is 4.68. The molecule has 0 aliphatic rings. The zero-order chi connectivity index (χ0) is 14.6. The summed E-state index contributed by atoms with van der Waals surface area (Å²) in [5.74, 6) is -0.374. The first kappa shape index (κ1) is 15.5. The van der Waals surface area contributed by atoms with Gasteiger partial charge in [-0.3, -0.25) is 4.79 Å². The summed E-state index contributed by atoms with van der Waals surface area (Å²) in [6.07, 6.45) is 2.65. The summed E-state index contributed by atoms with van der Waals surface area (Å²) in [6.45, 7) is 6.15. The number of nitrogens with two attached hydrogens (primary N) is 1. The second-order valence-corrected chi connectivity index (χ2v) is 6.78. The first-order chi connectivity index (χ1) is 8.82. The molecule has 8 heteroatoms. The third-order valence-electron chi connectivity index (χ3n) is 2.22. The highest BCUT2D eigenvalue weighted by Crippen LogP contribution is 2.39. The molecule has 0 saturated heterocycles. The van der Waals surface area contributed by atoms with Crippen LogP contribution in [0, 0.1) is 0 Å². The normalized spacial score (nSPS) is 11.1. The number of anilines is 2. The maximum atomic E-state index is 11.8. The standard InChI is InChI=1S/C11H17N3O3S2/c1-4-6-14-11-9(19(3,16)17)7(12)8(18-11)10(15)13-5-2/h4,14H,1,5-6,12H2,2-3H3,(H,13,15). The van der Waals surface area contributed by atoms with Gasteiger partial charge in [-0.25, -0.2) is 8.42 Å². The van der Waals surface area contributed by atoms with Crippen molar-refractivity contribution in [3.05, 3.63) is 17.5 Å². The van der Waals surface area contributed by atoms with Crippen molar-refractivity contribution in [3.63, 3.8) is 0 Å². The van der Waals surface area contributed by atoms with E-state index in [0.29, 0.717) is 18.1 Å². The Morgan fingerprint density at radius 3 is 2.63 bits per heavy atom. The first-order valence-electron chi connectivity index (χ1n) is 5.58. The van der Waals surface area contributed by atoms with E-state index >= 15 is 0 Å². The number of hydrogen-bond acceptors (Lipinski definition) is 6. The largest absolute Gasteiger partial charge is 0.396 e. The van der Waals surface area contributed by atoms with Gasteiger partial charge in [-0.15, -0.1) is 17.9 Å². The van der Waals surface area contributed by atoms with Crippen molar-refractivity contribution in [1.82, 2.24) is 5.32 Å². The molecule has 0 unspecified atom stereocenters. The minimum absolute atomic E-state index is 0.00925. The Bertz CT molecular complexity index is 591. The number of nitrogen functional groups attached to an aromatic ring is 1. The average molecular weight is 303 g/mol. The fraction of sp³-hybridized carbons (Fsp3) is 0.364. The topological polar surface area (TPSA) is 101 Å². The van der Waals surface area contributed by atoms with Crippen LogP contribution in [0.15, 0.2) is 17.6 Å². The first-order valence-corrected chi connectivity index (χ1v) is 8.29. The third kappa shape index (κ3) is 3.48. The van der Waals surface area contributed by atoms with Crippen LogP contribution in [0.1, 0.15) is 16.6 Å². The highest BCUT2D eigenvalue weighted by Gasteiger charge is 2.26. The van der Waals surface area contributed by atoms with Crippen molar-refractivity contribution in [1.29, 1.82) is 0 Å². The lowest BCUT2D eigenvalue weighted by atomic mass is 10.3. The number of thiophene rings is 1. The monoisotopic (exact) mass is 303 g/mol. The smallest absolute Gasteiger partial charge is 0.263 e. The van der Waals surface area contributed by atoms with Gasteiger partial charge in [0.25, 0.3) is 5.91 Å². The number of carbonyl (C=O) groups is 1. The Hall–Kier alpha value is -1.54. The van der Waals surface area contributed by atoms with E-state index in [1.165, 1.54) is 0 Å².